The van der Waals surface area contributed by atoms with Crippen LogP contribution in [0.3, 0.4) is 0 Å². The first-order chi connectivity index (χ1) is 14.5. The molecule has 0 atom stereocenters. The Kier molecular flexibility index (Phi) is 6.51. The van der Waals surface area contributed by atoms with Crippen molar-refractivity contribution in [1.82, 2.24) is 14.5 Å². The van der Waals surface area contributed by atoms with Gasteiger partial charge >= 0.3 is 5.97 Å². The first kappa shape index (κ1) is 21.0. The van der Waals surface area contributed by atoms with Crippen LogP contribution in [-0.4, -0.2) is 46.0 Å². The van der Waals surface area contributed by atoms with Crippen LogP contribution in [-0.2, 0) is 33.7 Å². The summed E-state index contributed by atoms with van der Waals surface area (Å²) >= 11 is 1.61. The number of carbonyl (C=O) groups excluding carboxylic acids is 2. The Morgan fingerprint density at radius 2 is 1.97 bits per heavy atom. The number of likely N-dealkylation sites (N-methyl/N-ethyl adjacent to an activating group) is 1. The number of fused-ring (bicyclic) bond motifs is 3. The Balaban J connectivity index is 1.32. The molecule has 8 heteroatoms. The van der Waals surface area contributed by atoms with Crippen LogP contribution < -0.4 is 5.56 Å². The van der Waals surface area contributed by atoms with E-state index in [1.165, 1.54) is 22.2 Å². The van der Waals surface area contributed by atoms with Gasteiger partial charge < -0.3 is 9.64 Å². The van der Waals surface area contributed by atoms with Gasteiger partial charge in [0.15, 0.2) is 6.61 Å². The highest BCUT2D eigenvalue weighted by molar-refractivity contribution is 7.18. The Bertz CT molecular complexity index is 990. The summed E-state index contributed by atoms with van der Waals surface area (Å²) in [4.78, 5) is 45.6. The predicted octanol–water partition coefficient (Wildman–Crippen LogP) is 3.06. The van der Waals surface area contributed by atoms with Gasteiger partial charge in [0.25, 0.3) is 11.5 Å². The average molecular weight is 432 g/mol. The Morgan fingerprint density at radius 1 is 1.20 bits per heavy atom. The minimum absolute atomic E-state index is 0.0415. The summed E-state index contributed by atoms with van der Waals surface area (Å²) in [6, 6.07) is 0.248. The van der Waals surface area contributed by atoms with Gasteiger partial charge in [-0.25, -0.2) is 4.98 Å². The van der Waals surface area contributed by atoms with E-state index in [-0.39, 0.29) is 37.1 Å². The lowest BCUT2D eigenvalue weighted by Gasteiger charge is -2.31. The number of aromatic nitrogens is 2. The summed E-state index contributed by atoms with van der Waals surface area (Å²) in [5, 5.41) is 0.717. The maximum absolute atomic E-state index is 12.9. The smallest absolute Gasteiger partial charge is 0.308 e. The van der Waals surface area contributed by atoms with Gasteiger partial charge in [0, 0.05) is 24.5 Å². The van der Waals surface area contributed by atoms with Crippen LogP contribution in [0.1, 0.15) is 61.8 Å². The number of hydrogen-bond acceptors (Lipinski definition) is 6. The number of ether oxygens (including phenoxy) is 1. The Morgan fingerprint density at radius 3 is 2.77 bits per heavy atom. The fourth-order valence-electron chi connectivity index (χ4n) is 4.54. The zero-order valence-electron chi connectivity index (χ0n) is 17.5. The van der Waals surface area contributed by atoms with Gasteiger partial charge in [-0.15, -0.1) is 11.3 Å². The molecule has 0 aliphatic heterocycles. The van der Waals surface area contributed by atoms with E-state index < -0.39 is 5.97 Å². The van der Waals surface area contributed by atoms with Gasteiger partial charge in [-0.2, -0.15) is 0 Å². The molecule has 1 saturated carbocycles. The number of hydrogen-bond donors (Lipinski definition) is 0. The van der Waals surface area contributed by atoms with Crippen LogP contribution in [0.25, 0.3) is 10.2 Å². The van der Waals surface area contributed by atoms with Crippen molar-refractivity contribution in [1.29, 1.82) is 0 Å². The fourth-order valence-corrected chi connectivity index (χ4v) is 5.76. The lowest BCUT2D eigenvalue weighted by molar-refractivity contribution is -0.152. The second-order valence-corrected chi connectivity index (χ2v) is 9.42. The van der Waals surface area contributed by atoms with Crippen molar-refractivity contribution in [2.45, 2.75) is 76.8 Å². The zero-order valence-corrected chi connectivity index (χ0v) is 18.3. The van der Waals surface area contributed by atoms with Crippen molar-refractivity contribution < 1.29 is 14.3 Å². The highest BCUT2D eigenvalue weighted by atomic mass is 32.1. The van der Waals surface area contributed by atoms with Crippen molar-refractivity contribution in [3.05, 3.63) is 27.1 Å². The van der Waals surface area contributed by atoms with Crippen LogP contribution >= 0.6 is 11.3 Å². The number of thiophene rings is 1. The molecule has 0 unspecified atom stereocenters. The van der Waals surface area contributed by atoms with E-state index in [1.807, 2.05) is 0 Å². The monoisotopic (exact) mass is 431 g/mol. The first-order valence-corrected chi connectivity index (χ1v) is 11.8. The zero-order chi connectivity index (χ0) is 21.1. The van der Waals surface area contributed by atoms with Gasteiger partial charge in [0.05, 0.1) is 18.1 Å². The van der Waals surface area contributed by atoms with Crippen LogP contribution in [0, 0.1) is 0 Å². The Labute approximate surface area is 180 Å². The second-order valence-electron chi connectivity index (χ2n) is 8.34. The number of amides is 1. The first-order valence-electron chi connectivity index (χ1n) is 11.0. The molecule has 0 bridgehead atoms. The van der Waals surface area contributed by atoms with Crippen molar-refractivity contribution in [3.63, 3.8) is 0 Å². The Hall–Kier alpha value is -2.22. The predicted molar refractivity (Wildman–Crippen MR) is 116 cm³/mol. The van der Waals surface area contributed by atoms with Crippen LogP contribution in [0.15, 0.2) is 11.1 Å². The molecule has 2 aromatic heterocycles. The molecule has 30 heavy (non-hydrogen) atoms. The highest BCUT2D eigenvalue weighted by Crippen LogP contribution is 2.33. The van der Waals surface area contributed by atoms with E-state index in [9.17, 15) is 14.4 Å². The van der Waals surface area contributed by atoms with Gasteiger partial charge in [-0.1, -0.05) is 19.3 Å². The van der Waals surface area contributed by atoms with Gasteiger partial charge in [0.2, 0.25) is 0 Å². The molecule has 2 heterocycles. The van der Waals surface area contributed by atoms with E-state index >= 15 is 0 Å². The normalized spacial score (nSPS) is 17.0. The van der Waals surface area contributed by atoms with E-state index in [1.54, 1.807) is 23.3 Å². The van der Waals surface area contributed by atoms with E-state index in [2.05, 4.69) is 4.98 Å². The van der Waals surface area contributed by atoms with Crippen molar-refractivity contribution in [2.24, 2.45) is 0 Å². The molecule has 1 amide bonds. The number of aryl methyl sites for hydroxylation is 3. The second kappa shape index (κ2) is 9.29. The largest absolute Gasteiger partial charge is 0.456 e. The van der Waals surface area contributed by atoms with Crippen LogP contribution in [0.2, 0.25) is 0 Å². The minimum atomic E-state index is -0.472. The average Bonchev–Trinajstić information content (AvgIpc) is 3.16. The molecule has 2 aliphatic rings. The van der Waals surface area contributed by atoms with Crippen molar-refractivity contribution >= 4 is 33.4 Å². The molecular formula is C22H29N3O4S. The molecule has 0 N–H and O–H groups in total. The summed E-state index contributed by atoms with van der Waals surface area (Å²) < 4.78 is 6.66. The standard InChI is InChI=1S/C22H29N3O4S/c1-24(15-7-3-2-4-8-15)18(26)13-29-19(27)11-12-25-14-23-21-20(22(25)28)16-9-5-6-10-17(16)30-21/h14-15H,2-13H2,1H3. The van der Waals surface area contributed by atoms with E-state index in [0.29, 0.717) is 0 Å². The lowest BCUT2D eigenvalue weighted by atomic mass is 9.94. The number of carbonyl (C=O) groups is 2. The molecule has 2 aliphatic carbocycles. The SMILES string of the molecule is CN(C(=O)COC(=O)CCn1cnc2sc3c(c2c1=O)CCCC3)C1CCCCC1. The molecule has 2 aromatic rings. The minimum Gasteiger partial charge on any atom is -0.456 e. The summed E-state index contributed by atoms with van der Waals surface area (Å²) in [5.74, 6) is -0.639. The van der Waals surface area contributed by atoms with Crippen molar-refractivity contribution in [3.8, 4) is 0 Å². The maximum atomic E-state index is 12.9. The van der Waals surface area contributed by atoms with Gasteiger partial charge in [0.1, 0.15) is 4.83 Å². The van der Waals surface area contributed by atoms with E-state index in [4.69, 9.17) is 4.74 Å². The van der Waals surface area contributed by atoms with Crippen molar-refractivity contribution in [2.75, 3.05) is 13.7 Å². The molecule has 1 fully saturated rings. The third-order valence-corrected chi connectivity index (χ3v) is 7.57. The summed E-state index contributed by atoms with van der Waals surface area (Å²) in [6.07, 6.45) is 11.3. The number of rotatable bonds is 6. The summed E-state index contributed by atoms with van der Waals surface area (Å²) in [7, 11) is 1.79. The highest BCUT2D eigenvalue weighted by Gasteiger charge is 2.23. The van der Waals surface area contributed by atoms with Crippen LogP contribution in [0.4, 0.5) is 0 Å². The summed E-state index contributed by atoms with van der Waals surface area (Å²) in [6.45, 7) is -0.0338. The fraction of sp³-hybridized carbons (Fsp3) is 0.636. The molecule has 0 saturated heterocycles. The number of nitrogens with zero attached hydrogens (tertiary/aromatic N) is 3. The molecule has 0 aromatic carbocycles. The lowest BCUT2D eigenvalue weighted by Crippen LogP contribution is -2.40. The third-order valence-electron chi connectivity index (χ3n) is 6.37. The van der Waals surface area contributed by atoms with Gasteiger partial charge in [-0.3, -0.25) is 19.0 Å². The molecule has 7 nitrogen and oxygen atoms in total. The maximum Gasteiger partial charge on any atom is 0.308 e. The topological polar surface area (TPSA) is 81.5 Å². The third kappa shape index (κ3) is 4.43. The van der Waals surface area contributed by atoms with E-state index in [0.717, 1.165) is 67.1 Å². The number of esters is 1. The molecule has 4 rings (SSSR count). The quantitative estimate of drug-likeness (QED) is 0.657. The molecule has 162 valence electrons. The molecular weight excluding hydrogens is 402 g/mol. The summed E-state index contributed by atoms with van der Waals surface area (Å²) in [5.41, 5.74) is 1.06. The molecule has 0 radical (unpaired) electrons. The molecule has 0 spiro atoms. The van der Waals surface area contributed by atoms with Gasteiger partial charge in [-0.05, 0) is 44.1 Å². The van der Waals surface area contributed by atoms with Crippen LogP contribution in [0.5, 0.6) is 0 Å².